The number of benzene rings is 1. The molecular weight excluding hydrogens is 241 g/mol. The van der Waals surface area contributed by atoms with Crippen molar-refractivity contribution in [3.8, 4) is 0 Å². The fourth-order valence-corrected chi connectivity index (χ4v) is 2.63. The van der Waals surface area contributed by atoms with Crippen LogP contribution >= 0.6 is 23.2 Å². The van der Waals surface area contributed by atoms with Gasteiger partial charge < -0.3 is 5.32 Å². The third kappa shape index (κ3) is 3.13. The van der Waals surface area contributed by atoms with Gasteiger partial charge >= 0.3 is 0 Å². The lowest BCUT2D eigenvalue weighted by atomic mass is 9.95. The minimum Gasteiger partial charge on any atom is -0.310 e. The molecule has 0 saturated heterocycles. The summed E-state index contributed by atoms with van der Waals surface area (Å²) in [5.74, 6) is 0. The molecule has 3 heteroatoms. The molecule has 16 heavy (non-hydrogen) atoms. The van der Waals surface area contributed by atoms with Crippen molar-refractivity contribution in [3.63, 3.8) is 0 Å². The van der Waals surface area contributed by atoms with E-state index in [1.54, 1.807) is 0 Å². The summed E-state index contributed by atoms with van der Waals surface area (Å²) in [5.41, 5.74) is 1.10. The molecule has 0 amide bonds. The minimum absolute atomic E-state index is 0.643. The van der Waals surface area contributed by atoms with Crippen LogP contribution in [0.3, 0.4) is 0 Å². The first-order chi connectivity index (χ1) is 7.77. The molecule has 0 atom stereocenters. The van der Waals surface area contributed by atoms with Crippen molar-refractivity contribution in [2.45, 2.75) is 44.7 Å². The molecule has 1 saturated carbocycles. The number of rotatable bonds is 3. The maximum absolute atomic E-state index is 6.14. The van der Waals surface area contributed by atoms with E-state index in [1.165, 1.54) is 32.1 Å². The van der Waals surface area contributed by atoms with Crippen LogP contribution in [0.1, 0.15) is 37.7 Å². The van der Waals surface area contributed by atoms with Crippen molar-refractivity contribution in [1.82, 2.24) is 5.32 Å². The molecule has 0 spiro atoms. The first kappa shape index (κ1) is 12.2. The van der Waals surface area contributed by atoms with Crippen LogP contribution in [-0.4, -0.2) is 6.04 Å². The molecule has 1 aromatic rings. The molecule has 1 N–H and O–H groups in total. The van der Waals surface area contributed by atoms with Gasteiger partial charge in [0.2, 0.25) is 0 Å². The zero-order chi connectivity index (χ0) is 11.4. The number of halogens is 2. The summed E-state index contributed by atoms with van der Waals surface area (Å²) in [4.78, 5) is 0. The topological polar surface area (TPSA) is 12.0 Å². The second-order valence-corrected chi connectivity index (χ2v) is 5.21. The zero-order valence-corrected chi connectivity index (χ0v) is 10.8. The van der Waals surface area contributed by atoms with Crippen LogP contribution in [0.2, 0.25) is 10.0 Å². The Morgan fingerprint density at radius 1 is 1.12 bits per heavy atom. The highest BCUT2D eigenvalue weighted by molar-refractivity contribution is 6.42. The molecule has 0 heterocycles. The van der Waals surface area contributed by atoms with Gasteiger partial charge in [-0.2, -0.15) is 0 Å². The first-order valence-electron chi connectivity index (χ1n) is 5.93. The lowest BCUT2D eigenvalue weighted by Gasteiger charge is -2.23. The SMILES string of the molecule is Clc1cccc(CNC2CCCCC2)c1Cl. The van der Waals surface area contributed by atoms with Crippen LogP contribution in [0.15, 0.2) is 18.2 Å². The van der Waals surface area contributed by atoms with Gasteiger partial charge in [-0.3, -0.25) is 0 Å². The molecule has 1 fully saturated rings. The average Bonchev–Trinajstić information content (AvgIpc) is 2.32. The van der Waals surface area contributed by atoms with Crippen molar-refractivity contribution >= 4 is 23.2 Å². The van der Waals surface area contributed by atoms with Gasteiger partial charge in [0.1, 0.15) is 0 Å². The molecule has 1 aliphatic carbocycles. The van der Waals surface area contributed by atoms with Gasteiger partial charge in [0, 0.05) is 12.6 Å². The Balaban J connectivity index is 1.91. The Labute approximate surface area is 107 Å². The van der Waals surface area contributed by atoms with Crippen molar-refractivity contribution in [1.29, 1.82) is 0 Å². The Hall–Kier alpha value is -0.240. The lowest BCUT2D eigenvalue weighted by molar-refractivity contribution is 0.372. The summed E-state index contributed by atoms with van der Waals surface area (Å²) < 4.78 is 0. The predicted molar refractivity (Wildman–Crippen MR) is 70.2 cm³/mol. The minimum atomic E-state index is 0.643. The maximum Gasteiger partial charge on any atom is 0.0637 e. The highest BCUT2D eigenvalue weighted by atomic mass is 35.5. The monoisotopic (exact) mass is 257 g/mol. The second-order valence-electron chi connectivity index (χ2n) is 4.43. The smallest absolute Gasteiger partial charge is 0.0637 e. The van der Waals surface area contributed by atoms with Gasteiger partial charge in [-0.1, -0.05) is 54.6 Å². The van der Waals surface area contributed by atoms with Crippen molar-refractivity contribution in [2.75, 3.05) is 0 Å². The molecular formula is C13H17Cl2N. The molecule has 0 bridgehead atoms. The summed E-state index contributed by atoms with van der Waals surface area (Å²) in [7, 11) is 0. The van der Waals surface area contributed by atoms with Crippen LogP contribution in [0.4, 0.5) is 0 Å². The fourth-order valence-electron chi connectivity index (χ4n) is 2.25. The second kappa shape index (κ2) is 5.90. The first-order valence-corrected chi connectivity index (χ1v) is 6.69. The molecule has 2 rings (SSSR count). The third-order valence-electron chi connectivity index (χ3n) is 3.22. The van der Waals surface area contributed by atoms with E-state index in [-0.39, 0.29) is 0 Å². The molecule has 1 aromatic carbocycles. The van der Waals surface area contributed by atoms with E-state index in [0.717, 1.165) is 12.1 Å². The Morgan fingerprint density at radius 3 is 2.62 bits per heavy atom. The number of hydrogen-bond donors (Lipinski definition) is 1. The summed E-state index contributed by atoms with van der Waals surface area (Å²) in [6, 6.07) is 6.47. The third-order valence-corrected chi connectivity index (χ3v) is 4.08. The number of nitrogens with one attached hydrogen (secondary N) is 1. The van der Waals surface area contributed by atoms with E-state index >= 15 is 0 Å². The molecule has 88 valence electrons. The zero-order valence-electron chi connectivity index (χ0n) is 9.31. The van der Waals surface area contributed by atoms with Gasteiger partial charge in [-0.25, -0.2) is 0 Å². The Kier molecular flexibility index (Phi) is 4.51. The maximum atomic E-state index is 6.14. The largest absolute Gasteiger partial charge is 0.310 e. The standard InChI is InChI=1S/C13H17Cl2N/c14-12-8-4-5-10(13(12)15)9-16-11-6-2-1-3-7-11/h4-5,8,11,16H,1-3,6-7,9H2. The molecule has 1 aliphatic rings. The van der Waals surface area contributed by atoms with E-state index in [9.17, 15) is 0 Å². The van der Waals surface area contributed by atoms with Gasteiger partial charge in [-0.15, -0.1) is 0 Å². The molecule has 0 radical (unpaired) electrons. The molecule has 0 aromatic heterocycles. The predicted octanol–water partition coefficient (Wildman–Crippen LogP) is 4.42. The van der Waals surface area contributed by atoms with Gasteiger partial charge in [0.05, 0.1) is 10.0 Å². The van der Waals surface area contributed by atoms with Crippen LogP contribution in [0.5, 0.6) is 0 Å². The van der Waals surface area contributed by atoms with Gasteiger partial charge in [0.25, 0.3) is 0 Å². The van der Waals surface area contributed by atoms with Gasteiger partial charge in [-0.05, 0) is 24.5 Å². The lowest BCUT2D eigenvalue weighted by Crippen LogP contribution is -2.30. The van der Waals surface area contributed by atoms with E-state index in [0.29, 0.717) is 16.1 Å². The van der Waals surface area contributed by atoms with Crippen molar-refractivity contribution in [2.24, 2.45) is 0 Å². The van der Waals surface area contributed by atoms with E-state index in [2.05, 4.69) is 5.32 Å². The van der Waals surface area contributed by atoms with Crippen LogP contribution < -0.4 is 5.32 Å². The summed E-state index contributed by atoms with van der Waals surface area (Å²) >= 11 is 12.1. The van der Waals surface area contributed by atoms with E-state index < -0.39 is 0 Å². The Bertz CT molecular complexity index is 346. The van der Waals surface area contributed by atoms with Crippen LogP contribution in [0, 0.1) is 0 Å². The van der Waals surface area contributed by atoms with Crippen molar-refractivity contribution < 1.29 is 0 Å². The van der Waals surface area contributed by atoms with E-state index in [4.69, 9.17) is 23.2 Å². The quantitative estimate of drug-likeness (QED) is 0.846. The fraction of sp³-hybridized carbons (Fsp3) is 0.538. The van der Waals surface area contributed by atoms with Crippen LogP contribution in [0.25, 0.3) is 0 Å². The van der Waals surface area contributed by atoms with Crippen molar-refractivity contribution in [3.05, 3.63) is 33.8 Å². The molecule has 0 aliphatic heterocycles. The summed E-state index contributed by atoms with van der Waals surface area (Å²) in [6.07, 6.45) is 6.66. The Morgan fingerprint density at radius 2 is 1.88 bits per heavy atom. The van der Waals surface area contributed by atoms with Gasteiger partial charge in [0.15, 0.2) is 0 Å². The highest BCUT2D eigenvalue weighted by Gasteiger charge is 2.13. The summed E-state index contributed by atoms with van der Waals surface area (Å²) in [5, 5.41) is 4.89. The molecule has 0 unspecified atom stereocenters. The normalized spacial score (nSPS) is 17.6. The highest BCUT2D eigenvalue weighted by Crippen LogP contribution is 2.26. The van der Waals surface area contributed by atoms with Crippen LogP contribution in [-0.2, 0) is 6.54 Å². The van der Waals surface area contributed by atoms with E-state index in [1.807, 2.05) is 18.2 Å². The average molecular weight is 258 g/mol. The number of hydrogen-bond acceptors (Lipinski definition) is 1. The molecule has 1 nitrogen and oxygen atoms in total. The summed E-state index contributed by atoms with van der Waals surface area (Å²) in [6.45, 7) is 0.823.